The summed E-state index contributed by atoms with van der Waals surface area (Å²) in [4.78, 5) is 28.4. The van der Waals surface area contributed by atoms with E-state index in [0.29, 0.717) is 36.7 Å². The van der Waals surface area contributed by atoms with Gasteiger partial charge >= 0.3 is 6.18 Å². The molecule has 35 heavy (non-hydrogen) atoms. The highest BCUT2D eigenvalue weighted by molar-refractivity contribution is 5.95. The molecule has 3 aliphatic heterocycles. The minimum Gasteiger partial charge on any atom is -0.454 e. The lowest BCUT2D eigenvalue weighted by atomic mass is 9.82. The Bertz CT molecular complexity index is 1400. The quantitative estimate of drug-likeness (QED) is 0.539. The first-order valence-corrected chi connectivity index (χ1v) is 11.4. The number of hydrogen-bond acceptors (Lipinski definition) is 4. The second-order valence-corrected chi connectivity index (χ2v) is 9.24. The fourth-order valence-corrected chi connectivity index (χ4v) is 5.41. The van der Waals surface area contributed by atoms with Crippen LogP contribution in [-0.4, -0.2) is 35.3 Å². The Labute approximate surface area is 198 Å². The van der Waals surface area contributed by atoms with Crippen molar-refractivity contribution >= 4 is 5.91 Å². The smallest absolute Gasteiger partial charge is 0.416 e. The van der Waals surface area contributed by atoms with E-state index in [2.05, 4.69) is 0 Å². The maximum Gasteiger partial charge on any atom is 0.416 e. The van der Waals surface area contributed by atoms with Gasteiger partial charge in [0.2, 0.25) is 6.79 Å². The summed E-state index contributed by atoms with van der Waals surface area (Å²) >= 11 is 0. The Kier molecular flexibility index (Phi) is 4.91. The van der Waals surface area contributed by atoms with Gasteiger partial charge in [-0.05, 0) is 60.4 Å². The van der Waals surface area contributed by atoms with Crippen LogP contribution in [0.15, 0.2) is 59.4 Å². The summed E-state index contributed by atoms with van der Waals surface area (Å²) in [6.45, 7) is 1.52. The zero-order valence-electron chi connectivity index (χ0n) is 18.5. The minimum atomic E-state index is -4.48. The first-order chi connectivity index (χ1) is 16.8. The highest BCUT2D eigenvalue weighted by Gasteiger charge is 2.37. The standard InChI is InChI=1S/C26H21F3N2O4/c27-26(28,29)19-3-1-2-16(9-19)20-5-6-21-18-8-15(12-31(21)25(20)33)11-30(13-18)24(32)17-4-7-22-23(10-17)35-14-34-22/h1-7,9-10,15,18H,8,11-14H2/t15-,18+/m0/s1. The van der Waals surface area contributed by atoms with Gasteiger partial charge in [0.1, 0.15) is 0 Å². The van der Waals surface area contributed by atoms with Crippen LogP contribution in [0.25, 0.3) is 11.1 Å². The van der Waals surface area contributed by atoms with Crippen molar-refractivity contribution < 1.29 is 27.4 Å². The minimum absolute atomic E-state index is 0.0243. The number of nitrogens with zero attached hydrogens (tertiary/aromatic N) is 2. The van der Waals surface area contributed by atoms with Gasteiger partial charge in [-0.15, -0.1) is 0 Å². The molecule has 1 fully saturated rings. The maximum atomic E-state index is 13.3. The third kappa shape index (κ3) is 3.75. The maximum absolute atomic E-state index is 13.3. The van der Waals surface area contributed by atoms with Gasteiger partial charge in [-0.25, -0.2) is 0 Å². The Morgan fingerprint density at radius 1 is 0.943 bits per heavy atom. The van der Waals surface area contributed by atoms with Crippen molar-refractivity contribution in [3.63, 3.8) is 0 Å². The highest BCUT2D eigenvalue weighted by Crippen LogP contribution is 2.38. The Morgan fingerprint density at radius 3 is 2.60 bits per heavy atom. The molecule has 180 valence electrons. The Balaban J connectivity index is 1.29. The lowest BCUT2D eigenvalue weighted by Gasteiger charge is -2.43. The molecule has 0 unspecified atom stereocenters. The lowest BCUT2D eigenvalue weighted by Crippen LogP contribution is -2.49. The summed E-state index contributed by atoms with van der Waals surface area (Å²) in [6.07, 6.45) is -3.63. The SMILES string of the molecule is O=C(c1ccc2c(c1)OCO2)N1C[C@@H]2C[C@H](C1)c1ccc(-c3cccc(C(F)(F)F)c3)c(=O)n1C2. The van der Waals surface area contributed by atoms with Gasteiger partial charge in [0.25, 0.3) is 11.5 Å². The number of carbonyl (C=O) groups is 1. The van der Waals surface area contributed by atoms with Crippen molar-refractivity contribution in [3.05, 3.63) is 81.8 Å². The number of piperidine rings is 1. The second kappa shape index (κ2) is 7.90. The zero-order valence-corrected chi connectivity index (χ0v) is 18.5. The molecule has 3 aromatic rings. The van der Waals surface area contributed by atoms with E-state index in [-0.39, 0.29) is 41.2 Å². The molecular formula is C26H21F3N2O4. The molecule has 6 rings (SSSR count). The van der Waals surface area contributed by atoms with Crippen LogP contribution in [0.1, 0.15) is 34.0 Å². The van der Waals surface area contributed by atoms with Gasteiger partial charge < -0.3 is 18.9 Å². The molecule has 2 bridgehead atoms. The number of hydrogen-bond donors (Lipinski definition) is 0. The molecule has 0 spiro atoms. The molecule has 1 amide bonds. The molecule has 1 saturated heterocycles. The molecule has 0 saturated carbocycles. The van der Waals surface area contributed by atoms with Crippen LogP contribution >= 0.6 is 0 Å². The van der Waals surface area contributed by atoms with Crippen molar-refractivity contribution in [2.24, 2.45) is 5.92 Å². The number of alkyl halides is 3. The van der Waals surface area contributed by atoms with E-state index in [1.54, 1.807) is 28.8 Å². The normalized spacial score (nSPS) is 20.5. The van der Waals surface area contributed by atoms with Gasteiger partial charge in [-0.2, -0.15) is 13.2 Å². The van der Waals surface area contributed by atoms with E-state index in [0.717, 1.165) is 24.2 Å². The monoisotopic (exact) mass is 482 g/mol. The molecular weight excluding hydrogens is 461 g/mol. The number of pyridine rings is 1. The van der Waals surface area contributed by atoms with Gasteiger partial charge in [0.05, 0.1) is 5.56 Å². The summed E-state index contributed by atoms with van der Waals surface area (Å²) in [5, 5.41) is 0. The summed E-state index contributed by atoms with van der Waals surface area (Å²) in [5.74, 6) is 1.11. The fraction of sp³-hybridized carbons (Fsp3) is 0.308. The van der Waals surface area contributed by atoms with Crippen molar-refractivity contribution in [3.8, 4) is 22.6 Å². The van der Waals surface area contributed by atoms with Crippen LogP contribution in [0, 0.1) is 5.92 Å². The zero-order chi connectivity index (χ0) is 24.3. The van der Waals surface area contributed by atoms with E-state index in [9.17, 15) is 22.8 Å². The first kappa shape index (κ1) is 21.8. The number of rotatable bonds is 2. The average Bonchev–Trinajstić information content (AvgIpc) is 3.32. The van der Waals surface area contributed by atoms with Crippen LogP contribution in [0.4, 0.5) is 13.2 Å². The molecule has 2 atom stereocenters. The molecule has 9 heteroatoms. The van der Waals surface area contributed by atoms with Crippen LogP contribution in [0.3, 0.4) is 0 Å². The number of ether oxygens (including phenoxy) is 2. The van der Waals surface area contributed by atoms with Gasteiger partial charge in [0, 0.05) is 42.4 Å². The molecule has 0 N–H and O–H groups in total. The summed E-state index contributed by atoms with van der Waals surface area (Å²) in [6, 6.07) is 13.4. The Hall–Kier alpha value is -3.75. The van der Waals surface area contributed by atoms with E-state index >= 15 is 0 Å². The van der Waals surface area contributed by atoms with Gasteiger partial charge in [0.15, 0.2) is 11.5 Å². The molecule has 6 nitrogen and oxygen atoms in total. The van der Waals surface area contributed by atoms with Crippen LogP contribution in [0.5, 0.6) is 11.5 Å². The fourth-order valence-electron chi connectivity index (χ4n) is 5.41. The molecule has 1 aromatic heterocycles. The molecule has 2 aromatic carbocycles. The summed E-state index contributed by atoms with van der Waals surface area (Å²) in [5.41, 5.74) is 0.735. The van der Waals surface area contributed by atoms with Crippen molar-refractivity contribution in [2.45, 2.75) is 25.1 Å². The number of amides is 1. The topological polar surface area (TPSA) is 60.8 Å². The summed E-state index contributed by atoms with van der Waals surface area (Å²) in [7, 11) is 0. The average molecular weight is 482 g/mol. The lowest BCUT2D eigenvalue weighted by molar-refractivity contribution is -0.137. The number of aromatic nitrogens is 1. The third-order valence-electron chi connectivity index (χ3n) is 7.01. The van der Waals surface area contributed by atoms with Crippen molar-refractivity contribution in [1.82, 2.24) is 9.47 Å². The van der Waals surface area contributed by atoms with Crippen molar-refractivity contribution in [2.75, 3.05) is 19.9 Å². The van der Waals surface area contributed by atoms with E-state index < -0.39 is 11.7 Å². The first-order valence-electron chi connectivity index (χ1n) is 11.4. The van der Waals surface area contributed by atoms with Crippen molar-refractivity contribution in [1.29, 1.82) is 0 Å². The predicted octanol–water partition coefficient (Wildman–Crippen LogP) is 4.52. The number of fused-ring (bicyclic) bond motifs is 5. The number of likely N-dealkylation sites (tertiary alicyclic amines) is 1. The number of benzene rings is 2. The van der Waals surface area contributed by atoms with Gasteiger partial charge in [-0.3, -0.25) is 9.59 Å². The largest absolute Gasteiger partial charge is 0.454 e. The van der Waals surface area contributed by atoms with E-state index in [4.69, 9.17) is 9.47 Å². The van der Waals surface area contributed by atoms with Crippen LogP contribution < -0.4 is 15.0 Å². The molecule has 0 radical (unpaired) electrons. The van der Waals surface area contributed by atoms with Crippen LogP contribution in [-0.2, 0) is 12.7 Å². The Morgan fingerprint density at radius 2 is 1.77 bits per heavy atom. The van der Waals surface area contributed by atoms with Gasteiger partial charge in [-0.1, -0.05) is 12.1 Å². The third-order valence-corrected chi connectivity index (χ3v) is 7.01. The van der Waals surface area contributed by atoms with E-state index in [1.165, 1.54) is 12.1 Å². The second-order valence-electron chi connectivity index (χ2n) is 9.24. The van der Waals surface area contributed by atoms with Crippen LogP contribution in [0.2, 0.25) is 0 Å². The molecule has 0 aliphatic carbocycles. The number of halogens is 3. The molecule has 3 aliphatic rings. The van der Waals surface area contributed by atoms with E-state index in [1.807, 2.05) is 11.0 Å². The summed E-state index contributed by atoms with van der Waals surface area (Å²) < 4.78 is 51.9. The predicted molar refractivity (Wildman–Crippen MR) is 120 cm³/mol. The highest BCUT2D eigenvalue weighted by atomic mass is 19.4. The number of carbonyl (C=O) groups excluding carboxylic acids is 1. The molecule has 4 heterocycles.